The molecule has 0 saturated heterocycles. The molecule has 0 aliphatic heterocycles. The van der Waals surface area contributed by atoms with E-state index in [1.165, 1.54) is 0 Å². The molecule has 0 amide bonds. The number of H-pyrrole nitrogens is 1. The maximum Gasteiger partial charge on any atom is 0.416 e. The first kappa shape index (κ1) is 15.3. The molecule has 0 bridgehead atoms. The van der Waals surface area contributed by atoms with Crippen LogP contribution in [0.5, 0.6) is 0 Å². The van der Waals surface area contributed by atoms with Crippen LogP contribution in [0.25, 0.3) is 22.4 Å². The lowest BCUT2D eigenvalue weighted by Gasteiger charge is -2.05. The zero-order valence-electron chi connectivity index (χ0n) is 11.2. The van der Waals surface area contributed by atoms with E-state index in [4.69, 9.17) is 11.6 Å². The first-order valence-electron chi connectivity index (χ1n) is 6.27. The number of nitro benzene ring substituents is 1. The van der Waals surface area contributed by atoms with Crippen molar-refractivity contribution < 1.29 is 18.1 Å². The van der Waals surface area contributed by atoms with Gasteiger partial charge in [-0.05, 0) is 30.3 Å². The molecule has 23 heavy (non-hydrogen) atoms. The molecule has 5 nitrogen and oxygen atoms in total. The van der Waals surface area contributed by atoms with Gasteiger partial charge in [-0.3, -0.25) is 10.1 Å². The molecular formula is C14H7ClF3N3O2. The van der Waals surface area contributed by atoms with Gasteiger partial charge in [0, 0.05) is 16.7 Å². The average Bonchev–Trinajstić information content (AvgIpc) is 2.89. The van der Waals surface area contributed by atoms with Gasteiger partial charge in [0.1, 0.15) is 5.82 Å². The number of hydrogen-bond acceptors (Lipinski definition) is 3. The lowest BCUT2D eigenvalue weighted by atomic mass is 10.1. The maximum absolute atomic E-state index is 12.9. The highest BCUT2D eigenvalue weighted by molar-refractivity contribution is 6.30. The molecule has 0 saturated carbocycles. The van der Waals surface area contributed by atoms with Crippen molar-refractivity contribution in [1.29, 1.82) is 0 Å². The summed E-state index contributed by atoms with van der Waals surface area (Å²) in [5.41, 5.74) is -1.45. The Kier molecular flexibility index (Phi) is 3.48. The van der Waals surface area contributed by atoms with E-state index in [2.05, 4.69) is 9.97 Å². The fraction of sp³-hybridized carbons (Fsp3) is 0.0714. The summed E-state index contributed by atoms with van der Waals surface area (Å²) in [6, 6.07) is 7.66. The second kappa shape index (κ2) is 5.24. The second-order valence-corrected chi connectivity index (χ2v) is 5.18. The quantitative estimate of drug-likeness (QED) is 0.537. The number of rotatable bonds is 2. The predicted octanol–water partition coefficient (Wildman–Crippen LogP) is 4.81. The van der Waals surface area contributed by atoms with E-state index in [9.17, 15) is 23.3 Å². The number of imidazole rings is 1. The number of halogens is 4. The van der Waals surface area contributed by atoms with Gasteiger partial charge >= 0.3 is 6.18 Å². The van der Waals surface area contributed by atoms with Gasteiger partial charge in [-0.15, -0.1) is 0 Å². The van der Waals surface area contributed by atoms with Crippen molar-refractivity contribution in [1.82, 2.24) is 9.97 Å². The molecule has 0 atom stereocenters. The van der Waals surface area contributed by atoms with E-state index in [-0.39, 0.29) is 16.9 Å². The first-order valence-corrected chi connectivity index (χ1v) is 6.65. The summed E-state index contributed by atoms with van der Waals surface area (Å²) < 4.78 is 38.6. The van der Waals surface area contributed by atoms with Gasteiger partial charge in [0.25, 0.3) is 5.69 Å². The minimum absolute atomic E-state index is 0.0588. The van der Waals surface area contributed by atoms with Crippen LogP contribution in [-0.4, -0.2) is 14.9 Å². The summed E-state index contributed by atoms with van der Waals surface area (Å²) in [6.07, 6.45) is -4.69. The molecule has 1 aromatic heterocycles. The first-order chi connectivity index (χ1) is 10.8. The SMILES string of the molecule is O=[N+]([O-])c1cc(C(F)(F)F)cc2[nH]c(-c3ccc(Cl)cc3)nc12. The number of aromatic amines is 1. The van der Waals surface area contributed by atoms with Crippen LogP contribution in [-0.2, 0) is 6.18 Å². The van der Waals surface area contributed by atoms with Crippen molar-refractivity contribution in [2.75, 3.05) is 0 Å². The standard InChI is InChI=1S/C14H7ClF3N3O2/c15-9-3-1-7(2-4-9)13-19-10-5-8(14(16,17)18)6-11(21(22)23)12(10)20-13/h1-6H,(H,19,20). The Morgan fingerprint density at radius 2 is 1.83 bits per heavy atom. The zero-order valence-corrected chi connectivity index (χ0v) is 11.9. The van der Waals surface area contributed by atoms with Crippen LogP contribution >= 0.6 is 11.6 Å². The highest BCUT2D eigenvalue weighted by atomic mass is 35.5. The van der Waals surface area contributed by atoms with Gasteiger partial charge in [0.2, 0.25) is 0 Å². The van der Waals surface area contributed by atoms with Crippen LogP contribution in [0.3, 0.4) is 0 Å². The highest BCUT2D eigenvalue weighted by Gasteiger charge is 2.34. The number of nitrogens with zero attached hydrogens (tertiary/aromatic N) is 2. The summed E-state index contributed by atoms with van der Waals surface area (Å²) in [5, 5.41) is 11.5. The largest absolute Gasteiger partial charge is 0.416 e. The van der Waals surface area contributed by atoms with Crippen molar-refractivity contribution in [2.45, 2.75) is 6.18 Å². The third kappa shape index (κ3) is 2.85. The Hall–Kier alpha value is -2.61. The van der Waals surface area contributed by atoms with Crippen molar-refractivity contribution in [3.63, 3.8) is 0 Å². The zero-order chi connectivity index (χ0) is 16.8. The number of aromatic nitrogens is 2. The molecular weight excluding hydrogens is 335 g/mol. The predicted molar refractivity (Wildman–Crippen MR) is 78.2 cm³/mol. The minimum atomic E-state index is -4.69. The summed E-state index contributed by atoms with van der Waals surface area (Å²) >= 11 is 5.77. The topological polar surface area (TPSA) is 71.8 Å². The minimum Gasteiger partial charge on any atom is -0.338 e. The van der Waals surface area contributed by atoms with Crippen LogP contribution in [0.4, 0.5) is 18.9 Å². The van der Waals surface area contributed by atoms with Crippen molar-refractivity contribution in [2.24, 2.45) is 0 Å². The Morgan fingerprint density at radius 1 is 1.17 bits per heavy atom. The molecule has 2 aromatic carbocycles. The fourth-order valence-electron chi connectivity index (χ4n) is 2.15. The Labute approximate surface area is 131 Å². The smallest absolute Gasteiger partial charge is 0.338 e. The number of benzene rings is 2. The average molecular weight is 342 g/mol. The third-order valence-corrected chi connectivity index (χ3v) is 3.46. The Morgan fingerprint density at radius 3 is 2.39 bits per heavy atom. The van der Waals surface area contributed by atoms with Gasteiger partial charge in [-0.1, -0.05) is 11.6 Å². The van der Waals surface area contributed by atoms with Gasteiger partial charge < -0.3 is 4.98 Å². The number of nitro groups is 1. The van der Waals surface area contributed by atoms with E-state index in [0.29, 0.717) is 16.7 Å². The molecule has 9 heteroatoms. The van der Waals surface area contributed by atoms with E-state index in [1.807, 2.05) is 0 Å². The van der Waals surface area contributed by atoms with Gasteiger partial charge in [0.05, 0.1) is 16.0 Å². The van der Waals surface area contributed by atoms with E-state index >= 15 is 0 Å². The molecule has 1 heterocycles. The Balaban J connectivity index is 2.23. The number of nitrogens with one attached hydrogen (secondary N) is 1. The second-order valence-electron chi connectivity index (χ2n) is 4.74. The maximum atomic E-state index is 12.9. The van der Waals surface area contributed by atoms with E-state index < -0.39 is 22.4 Å². The normalized spacial score (nSPS) is 11.8. The molecule has 0 aliphatic carbocycles. The van der Waals surface area contributed by atoms with Crippen LogP contribution in [0, 0.1) is 10.1 Å². The van der Waals surface area contributed by atoms with Crippen LogP contribution in [0.15, 0.2) is 36.4 Å². The van der Waals surface area contributed by atoms with Crippen LogP contribution in [0.2, 0.25) is 5.02 Å². The van der Waals surface area contributed by atoms with Crippen LogP contribution in [0.1, 0.15) is 5.56 Å². The number of fused-ring (bicyclic) bond motifs is 1. The fourth-order valence-corrected chi connectivity index (χ4v) is 2.27. The summed E-state index contributed by atoms with van der Waals surface area (Å²) in [4.78, 5) is 16.9. The molecule has 0 spiro atoms. The van der Waals surface area contributed by atoms with Crippen molar-refractivity contribution in [3.05, 3.63) is 57.1 Å². The number of alkyl halides is 3. The van der Waals surface area contributed by atoms with Crippen LogP contribution < -0.4 is 0 Å². The molecule has 0 aliphatic rings. The van der Waals surface area contributed by atoms with Gasteiger partial charge in [0.15, 0.2) is 5.52 Å². The molecule has 0 fully saturated rings. The third-order valence-electron chi connectivity index (χ3n) is 3.21. The van der Waals surface area contributed by atoms with Crippen molar-refractivity contribution >= 4 is 28.3 Å². The summed E-state index contributed by atoms with van der Waals surface area (Å²) in [5.74, 6) is 0.221. The molecule has 0 unspecified atom stereocenters. The van der Waals surface area contributed by atoms with Crippen molar-refractivity contribution in [3.8, 4) is 11.4 Å². The molecule has 118 valence electrons. The molecule has 3 rings (SSSR count). The van der Waals surface area contributed by atoms with E-state index in [1.54, 1.807) is 24.3 Å². The summed E-state index contributed by atoms with van der Waals surface area (Å²) in [6.45, 7) is 0. The molecule has 3 aromatic rings. The monoisotopic (exact) mass is 341 g/mol. The lowest BCUT2D eigenvalue weighted by Crippen LogP contribution is -2.05. The van der Waals surface area contributed by atoms with Gasteiger partial charge in [-0.2, -0.15) is 13.2 Å². The molecule has 0 radical (unpaired) electrons. The number of non-ortho nitro benzene ring substituents is 1. The highest BCUT2D eigenvalue weighted by Crippen LogP contribution is 2.36. The number of hydrogen-bond donors (Lipinski definition) is 1. The lowest BCUT2D eigenvalue weighted by molar-refractivity contribution is -0.383. The molecule has 1 N–H and O–H groups in total. The Bertz CT molecular complexity index is 904. The van der Waals surface area contributed by atoms with Gasteiger partial charge in [-0.25, -0.2) is 4.98 Å². The summed E-state index contributed by atoms with van der Waals surface area (Å²) in [7, 11) is 0. The van der Waals surface area contributed by atoms with E-state index in [0.717, 1.165) is 6.07 Å².